The quantitative estimate of drug-likeness (QED) is 0.0671. The molecule has 0 spiro atoms. The van der Waals surface area contributed by atoms with Gasteiger partial charge in [0.25, 0.3) is 11.1 Å². The predicted molar refractivity (Wildman–Crippen MR) is 207 cm³/mol. The maximum atomic E-state index is 12.8. The van der Waals surface area contributed by atoms with Gasteiger partial charge in [-0.3, -0.25) is 19.2 Å². The van der Waals surface area contributed by atoms with Gasteiger partial charge in [0.05, 0.1) is 11.1 Å². The fraction of sp³-hybridized carbons (Fsp3) is 0.190. The summed E-state index contributed by atoms with van der Waals surface area (Å²) in [6.45, 7) is 1.03. The number of allylic oxidation sites excluding steroid dienone is 4. The predicted octanol–water partition coefficient (Wildman–Crippen LogP) is 11.0. The highest BCUT2D eigenvalue weighted by molar-refractivity contribution is 6.67. The number of alkyl halides is 6. The van der Waals surface area contributed by atoms with E-state index in [4.69, 9.17) is 40.1 Å². The van der Waals surface area contributed by atoms with Gasteiger partial charge in [-0.15, -0.1) is 0 Å². The summed E-state index contributed by atoms with van der Waals surface area (Å²) in [6, 6.07) is 23.8. The lowest BCUT2D eigenvalue weighted by Gasteiger charge is -2.19. The summed E-state index contributed by atoms with van der Waals surface area (Å²) in [6.07, 6.45) is -6.61. The molecule has 4 aromatic carbocycles. The molecule has 0 bridgehead atoms. The number of hydrogen-bond donors (Lipinski definition) is 1. The Hall–Kier alpha value is -5.93. The average molecular weight is 874 g/mol. The topological polar surface area (TPSA) is 131 Å². The summed E-state index contributed by atoms with van der Waals surface area (Å²) in [5, 5.41) is 22.2. The third-order valence-electron chi connectivity index (χ3n) is 8.69. The average Bonchev–Trinajstić information content (AvgIpc) is 3.92. The SMILES string of the molecule is N#C/C(C(=O)c1ccc(C(F)(F)F)cc1)=C1\CCCN1.N#C/C(C(=O)c1ccc(C(F)(F)F)cc1)=C1\CCCN1C(=O)c1ccc(Cl)cc1.O=C(Cl)c1ccc(Cl)cc1. The first-order valence-electron chi connectivity index (χ1n) is 17.3. The lowest BCUT2D eigenvalue weighted by molar-refractivity contribution is -0.138. The van der Waals surface area contributed by atoms with E-state index in [1.54, 1.807) is 48.5 Å². The van der Waals surface area contributed by atoms with Gasteiger partial charge in [-0.05, 0) is 110 Å². The maximum Gasteiger partial charge on any atom is 0.416 e. The minimum absolute atomic E-state index is 0.0257. The highest BCUT2D eigenvalue weighted by Crippen LogP contribution is 2.32. The lowest BCUT2D eigenvalue weighted by Crippen LogP contribution is -2.28. The molecule has 1 amide bonds. The first-order valence-corrected chi connectivity index (χ1v) is 18.5. The van der Waals surface area contributed by atoms with E-state index in [9.17, 15) is 50.8 Å². The molecule has 304 valence electrons. The molecular weight excluding hydrogens is 845 g/mol. The molecule has 4 aromatic rings. The van der Waals surface area contributed by atoms with E-state index in [0.717, 1.165) is 55.0 Å². The van der Waals surface area contributed by atoms with Crippen molar-refractivity contribution >= 4 is 57.5 Å². The van der Waals surface area contributed by atoms with E-state index >= 15 is 0 Å². The molecule has 2 heterocycles. The Kier molecular flexibility index (Phi) is 15.6. The van der Waals surface area contributed by atoms with E-state index in [0.29, 0.717) is 59.2 Å². The highest BCUT2D eigenvalue weighted by Gasteiger charge is 2.33. The van der Waals surface area contributed by atoms with Crippen LogP contribution in [0.3, 0.4) is 0 Å². The normalized spacial score (nSPS) is 15.2. The number of rotatable bonds is 6. The molecule has 0 unspecified atom stereocenters. The van der Waals surface area contributed by atoms with Crippen LogP contribution in [0.15, 0.2) is 120 Å². The van der Waals surface area contributed by atoms with Gasteiger partial charge >= 0.3 is 12.4 Å². The Morgan fingerprint density at radius 1 is 0.593 bits per heavy atom. The monoisotopic (exact) mass is 872 g/mol. The van der Waals surface area contributed by atoms with E-state index in [1.807, 2.05) is 12.1 Å². The zero-order valence-electron chi connectivity index (χ0n) is 30.4. The summed E-state index contributed by atoms with van der Waals surface area (Å²) in [5.74, 6) is -1.64. The van der Waals surface area contributed by atoms with E-state index in [2.05, 4.69) is 5.32 Å². The van der Waals surface area contributed by atoms with E-state index in [1.165, 1.54) is 4.90 Å². The molecule has 2 saturated heterocycles. The molecule has 17 heteroatoms. The molecule has 0 radical (unpaired) electrons. The molecule has 0 aliphatic carbocycles. The van der Waals surface area contributed by atoms with Crippen molar-refractivity contribution in [1.82, 2.24) is 10.2 Å². The van der Waals surface area contributed by atoms with Gasteiger partial charge in [0.1, 0.15) is 23.3 Å². The maximum absolute atomic E-state index is 12.8. The third kappa shape index (κ3) is 12.3. The number of Topliss-reactive ketones (excluding diaryl/α,β-unsaturated/α-hetero) is 2. The number of nitrogens with one attached hydrogen (secondary N) is 1. The van der Waals surface area contributed by atoms with Crippen molar-refractivity contribution in [1.29, 1.82) is 10.5 Å². The van der Waals surface area contributed by atoms with Crippen LogP contribution in [0, 0.1) is 22.7 Å². The van der Waals surface area contributed by atoms with Crippen LogP contribution in [-0.4, -0.2) is 40.7 Å². The van der Waals surface area contributed by atoms with Crippen LogP contribution in [0.4, 0.5) is 26.3 Å². The molecular formula is C42H29Cl3F6N4O4. The van der Waals surface area contributed by atoms with Gasteiger partial charge in [-0.1, -0.05) is 47.5 Å². The van der Waals surface area contributed by atoms with Gasteiger partial charge < -0.3 is 10.2 Å². The molecule has 1 N–H and O–H groups in total. The number of carbonyl (C=O) groups is 4. The summed E-state index contributed by atoms with van der Waals surface area (Å²) >= 11 is 16.6. The Morgan fingerprint density at radius 3 is 1.41 bits per heavy atom. The highest BCUT2D eigenvalue weighted by atomic mass is 35.5. The van der Waals surface area contributed by atoms with Crippen molar-refractivity contribution in [3.05, 3.63) is 163 Å². The van der Waals surface area contributed by atoms with Gasteiger partial charge in [-0.2, -0.15) is 36.9 Å². The Morgan fingerprint density at radius 2 is 1.02 bits per heavy atom. The smallest absolute Gasteiger partial charge is 0.387 e. The standard InChI is InChI=1S/C21H14ClF3N2O2.C14H11F3N2O.C7H4Cl2O/c22-16-9-5-14(6-10-16)20(29)27-11-1-2-18(27)17(12-26)19(28)13-3-7-15(8-4-13)21(23,24)25;15-14(16,17)10-5-3-9(4-6-10)13(20)11(8-18)12-2-1-7-19-12;8-6-3-1-5(2-4-6)7(9)10/h3-10H,1-2,11H2;3-6,19H,1-2,7H2;1-4H/b18-17-;12-11-;. The Bertz CT molecular complexity index is 2340. The van der Waals surface area contributed by atoms with Crippen molar-refractivity contribution in [2.75, 3.05) is 13.1 Å². The summed E-state index contributed by atoms with van der Waals surface area (Å²) in [5.41, 5.74) is -0.288. The number of likely N-dealkylation sites (tertiary alicyclic amines) is 1. The molecule has 0 atom stereocenters. The van der Waals surface area contributed by atoms with Gasteiger partial charge in [0.15, 0.2) is 0 Å². The number of nitriles is 2. The summed E-state index contributed by atoms with van der Waals surface area (Å²) in [4.78, 5) is 49.5. The van der Waals surface area contributed by atoms with Gasteiger partial charge in [0.2, 0.25) is 11.6 Å². The van der Waals surface area contributed by atoms with Crippen molar-refractivity contribution in [2.24, 2.45) is 0 Å². The molecule has 0 saturated carbocycles. The fourth-order valence-electron chi connectivity index (χ4n) is 5.71. The van der Waals surface area contributed by atoms with Crippen LogP contribution >= 0.6 is 34.8 Å². The largest absolute Gasteiger partial charge is 0.416 e. The molecule has 2 fully saturated rings. The summed E-state index contributed by atoms with van der Waals surface area (Å²) < 4.78 is 75.5. The molecule has 2 aliphatic rings. The minimum Gasteiger partial charge on any atom is -0.387 e. The molecule has 59 heavy (non-hydrogen) atoms. The van der Waals surface area contributed by atoms with Gasteiger partial charge in [0, 0.05) is 56.8 Å². The Labute approximate surface area is 348 Å². The third-order valence-corrected chi connectivity index (χ3v) is 9.41. The van der Waals surface area contributed by atoms with Crippen LogP contribution in [0.5, 0.6) is 0 Å². The summed E-state index contributed by atoms with van der Waals surface area (Å²) in [7, 11) is 0. The number of carbonyl (C=O) groups excluding carboxylic acids is 4. The molecule has 8 nitrogen and oxygen atoms in total. The van der Waals surface area contributed by atoms with E-state index in [-0.39, 0.29) is 33.9 Å². The number of nitrogens with zero attached hydrogens (tertiary/aromatic N) is 3. The minimum atomic E-state index is -4.52. The zero-order valence-corrected chi connectivity index (χ0v) is 32.6. The second kappa shape index (κ2) is 20.2. The number of benzene rings is 4. The number of halogens is 9. The molecule has 2 aliphatic heterocycles. The molecule has 6 rings (SSSR count). The first kappa shape index (κ1) is 45.8. The fourth-order valence-corrected chi connectivity index (χ4v) is 6.08. The second-order valence-electron chi connectivity index (χ2n) is 12.6. The molecule has 0 aromatic heterocycles. The number of ketones is 2. The van der Waals surface area contributed by atoms with Gasteiger partial charge in [-0.25, -0.2) is 0 Å². The van der Waals surface area contributed by atoms with Crippen molar-refractivity contribution in [2.45, 2.75) is 38.0 Å². The van der Waals surface area contributed by atoms with Crippen molar-refractivity contribution in [3.63, 3.8) is 0 Å². The van der Waals surface area contributed by atoms with Crippen LogP contribution in [-0.2, 0) is 12.4 Å². The first-order chi connectivity index (χ1) is 27.8. The van der Waals surface area contributed by atoms with Crippen LogP contribution in [0.2, 0.25) is 10.0 Å². The van der Waals surface area contributed by atoms with Crippen molar-refractivity contribution < 1.29 is 45.5 Å². The van der Waals surface area contributed by atoms with Crippen LogP contribution in [0.1, 0.15) is 78.2 Å². The van der Waals surface area contributed by atoms with Crippen molar-refractivity contribution in [3.8, 4) is 12.1 Å². The van der Waals surface area contributed by atoms with Crippen LogP contribution < -0.4 is 5.32 Å². The van der Waals surface area contributed by atoms with E-state index < -0.39 is 40.3 Å². The number of amides is 1. The number of hydrogen-bond acceptors (Lipinski definition) is 7. The Balaban J connectivity index is 0.000000220. The zero-order chi connectivity index (χ0) is 43.5. The lowest BCUT2D eigenvalue weighted by atomic mass is 10.00. The second-order valence-corrected chi connectivity index (χ2v) is 13.8. The van der Waals surface area contributed by atoms with Crippen LogP contribution in [0.25, 0.3) is 0 Å².